The van der Waals surface area contributed by atoms with Gasteiger partial charge in [-0.3, -0.25) is 4.79 Å². The highest BCUT2D eigenvalue weighted by molar-refractivity contribution is 5.95. The van der Waals surface area contributed by atoms with Crippen molar-refractivity contribution in [1.82, 2.24) is 0 Å². The smallest absolute Gasteiger partial charge is 0.302 e. The van der Waals surface area contributed by atoms with Gasteiger partial charge in [0.05, 0.1) is 6.61 Å². The van der Waals surface area contributed by atoms with Gasteiger partial charge in [-0.2, -0.15) is 0 Å². The first-order valence-corrected chi connectivity index (χ1v) is 5.67. The van der Waals surface area contributed by atoms with Gasteiger partial charge in [0.25, 0.3) is 0 Å². The van der Waals surface area contributed by atoms with E-state index in [1.165, 1.54) is 6.92 Å². The standard InChI is InChI=1S/C13H15NO4/c1-10(16)17-8-13(7-15)9-18-12(14-13)11-5-3-2-4-6-11/h2-6,15H,7-9H2,1H3/t13-/m0/s1. The highest BCUT2D eigenvalue weighted by atomic mass is 16.5. The summed E-state index contributed by atoms with van der Waals surface area (Å²) in [6.07, 6.45) is 0. The van der Waals surface area contributed by atoms with Gasteiger partial charge in [-0.1, -0.05) is 18.2 Å². The molecule has 5 heteroatoms. The van der Waals surface area contributed by atoms with Gasteiger partial charge in [0.2, 0.25) is 5.90 Å². The van der Waals surface area contributed by atoms with Gasteiger partial charge >= 0.3 is 5.97 Å². The molecule has 0 fully saturated rings. The molecule has 0 amide bonds. The Hall–Kier alpha value is -1.88. The predicted octanol–water partition coefficient (Wildman–Crippen LogP) is 0.758. The van der Waals surface area contributed by atoms with Crippen molar-refractivity contribution in [3.05, 3.63) is 35.9 Å². The summed E-state index contributed by atoms with van der Waals surface area (Å²) in [5, 5.41) is 9.42. The molecule has 1 heterocycles. The fourth-order valence-electron chi connectivity index (χ4n) is 1.65. The van der Waals surface area contributed by atoms with Gasteiger partial charge < -0.3 is 14.6 Å². The van der Waals surface area contributed by atoms with Crippen molar-refractivity contribution in [2.75, 3.05) is 19.8 Å². The van der Waals surface area contributed by atoms with E-state index in [1.807, 2.05) is 30.3 Å². The van der Waals surface area contributed by atoms with Gasteiger partial charge in [-0.25, -0.2) is 4.99 Å². The number of nitrogens with zero attached hydrogens (tertiary/aromatic N) is 1. The van der Waals surface area contributed by atoms with Gasteiger partial charge in [0.1, 0.15) is 13.2 Å². The monoisotopic (exact) mass is 249 g/mol. The lowest BCUT2D eigenvalue weighted by molar-refractivity contribution is -0.143. The Labute approximate surface area is 105 Å². The van der Waals surface area contributed by atoms with E-state index in [-0.39, 0.29) is 19.8 Å². The zero-order chi connectivity index (χ0) is 13.0. The maximum Gasteiger partial charge on any atom is 0.302 e. The zero-order valence-electron chi connectivity index (χ0n) is 10.1. The normalized spacial score (nSPS) is 22.2. The Morgan fingerprint density at radius 3 is 2.83 bits per heavy atom. The molecule has 96 valence electrons. The Morgan fingerprint density at radius 2 is 2.22 bits per heavy atom. The third kappa shape index (κ3) is 2.68. The Morgan fingerprint density at radius 1 is 1.50 bits per heavy atom. The van der Waals surface area contributed by atoms with Crippen LogP contribution in [0.5, 0.6) is 0 Å². The van der Waals surface area contributed by atoms with Gasteiger partial charge in [-0.05, 0) is 12.1 Å². The van der Waals surface area contributed by atoms with E-state index < -0.39 is 11.5 Å². The summed E-state index contributed by atoms with van der Waals surface area (Å²) < 4.78 is 10.4. The molecule has 1 aliphatic heterocycles. The maximum atomic E-state index is 10.8. The minimum Gasteiger partial charge on any atom is -0.475 e. The first kappa shape index (κ1) is 12.6. The van der Waals surface area contributed by atoms with E-state index in [9.17, 15) is 9.90 Å². The highest BCUT2D eigenvalue weighted by Crippen LogP contribution is 2.22. The zero-order valence-corrected chi connectivity index (χ0v) is 10.1. The lowest BCUT2D eigenvalue weighted by Crippen LogP contribution is -2.39. The van der Waals surface area contributed by atoms with Crippen LogP contribution in [0.3, 0.4) is 0 Å². The Kier molecular flexibility index (Phi) is 3.62. The minimum atomic E-state index is -0.878. The van der Waals surface area contributed by atoms with Crippen LogP contribution in [-0.4, -0.2) is 42.3 Å². The van der Waals surface area contributed by atoms with E-state index in [4.69, 9.17) is 9.47 Å². The molecular formula is C13H15NO4. The van der Waals surface area contributed by atoms with Crippen LogP contribution in [0, 0.1) is 0 Å². The predicted molar refractivity (Wildman–Crippen MR) is 65.4 cm³/mol. The molecule has 0 radical (unpaired) electrons. The quantitative estimate of drug-likeness (QED) is 0.800. The molecule has 2 rings (SSSR count). The van der Waals surface area contributed by atoms with Crippen LogP contribution in [0.25, 0.3) is 0 Å². The van der Waals surface area contributed by atoms with E-state index in [0.717, 1.165) is 5.56 Å². The number of esters is 1. The molecule has 5 nitrogen and oxygen atoms in total. The molecule has 1 atom stereocenters. The molecule has 0 bridgehead atoms. The largest absolute Gasteiger partial charge is 0.475 e. The molecule has 0 saturated carbocycles. The molecule has 1 aliphatic rings. The van der Waals surface area contributed by atoms with Crippen LogP contribution < -0.4 is 0 Å². The van der Waals surface area contributed by atoms with Crippen molar-refractivity contribution in [3.63, 3.8) is 0 Å². The van der Waals surface area contributed by atoms with E-state index in [2.05, 4.69) is 4.99 Å². The first-order valence-electron chi connectivity index (χ1n) is 5.67. The first-order chi connectivity index (χ1) is 8.65. The van der Waals surface area contributed by atoms with Crippen molar-refractivity contribution in [1.29, 1.82) is 0 Å². The molecule has 0 saturated heterocycles. The number of aliphatic imine (C=N–C) groups is 1. The Bertz CT molecular complexity index is 457. The molecule has 1 aromatic carbocycles. The number of ether oxygens (including phenoxy) is 2. The molecule has 0 aliphatic carbocycles. The fourth-order valence-corrected chi connectivity index (χ4v) is 1.65. The minimum absolute atomic E-state index is 0.0230. The van der Waals surface area contributed by atoms with Gasteiger partial charge in [-0.15, -0.1) is 0 Å². The van der Waals surface area contributed by atoms with Crippen LogP contribution in [-0.2, 0) is 14.3 Å². The summed E-state index contributed by atoms with van der Waals surface area (Å²) in [5.74, 6) is 0.0722. The van der Waals surface area contributed by atoms with Crippen LogP contribution in [0.15, 0.2) is 35.3 Å². The topological polar surface area (TPSA) is 68.1 Å². The second-order valence-corrected chi connectivity index (χ2v) is 4.23. The van der Waals surface area contributed by atoms with Crippen molar-refractivity contribution in [2.24, 2.45) is 4.99 Å². The van der Waals surface area contributed by atoms with E-state index in [0.29, 0.717) is 5.90 Å². The number of benzene rings is 1. The van der Waals surface area contributed by atoms with Crippen LogP contribution in [0.1, 0.15) is 12.5 Å². The van der Waals surface area contributed by atoms with E-state index >= 15 is 0 Å². The number of carbonyl (C=O) groups is 1. The third-order valence-corrected chi connectivity index (χ3v) is 2.68. The summed E-state index contributed by atoms with van der Waals surface area (Å²) in [6.45, 7) is 1.33. The van der Waals surface area contributed by atoms with E-state index in [1.54, 1.807) is 0 Å². The van der Waals surface area contributed by atoms with Crippen LogP contribution >= 0.6 is 0 Å². The number of hydrogen-bond donors (Lipinski definition) is 1. The average molecular weight is 249 g/mol. The van der Waals surface area contributed by atoms with Crippen LogP contribution in [0.2, 0.25) is 0 Å². The summed E-state index contributed by atoms with van der Waals surface area (Å²) >= 11 is 0. The second-order valence-electron chi connectivity index (χ2n) is 4.23. The van der Waals surface area contributed by atoms with Crippen molar-refractivity contribution < 1.29 is 19.4 Å². The number of rotatable bonds is 4. The number of aliphatic hydroxyl groups is 1. The summed E-state index contributed by atoms with van der Waals surface area (Å²) in [6, 6.07) is 9.41. The second kappa shape index (κ2) is 5.18. The molecule has 18 heavy (non-hydrogen) atoms. The molecule has 1 aromatic rings. The van der Waals surface area contributed by atoms with Crippen molar-refractivity contribution >= 4 is 11.9 Å². The SMILES string of the molecule is CC(=O)OC[C@@]1(CO)COC(c2ccccc2)=N1. The van der Waals surface area contributed by atoms with Crippen molar-refractivity contribution in [3.8, 4) is 0 Å². The maximum absolute atomic E-state index is 10.8. The van der Waals surface area contributed by atoms with Crippen molar-refractivity contribution in [2.45, 2.75) is 12.5 Å². The number of hydrogen-bond acceptors (Lipinski definition) is 5. The summed E-state index contributed by atoms with van der Waals surface area (Å²) in [5.41, 5.74) is -0.0349. The van der Waals surface area contributed by atoms with Gasteiger partial charge in [0, 0.05) is 12.5 Å². The lowest BCUT2D eigenvalue weighted by Gasteiger charge is -2.19. The molecule has 1 N–H and O–H groups in total. The number of aliphatic hydroxyl groups excluding tert-OH is 1. The molecular weight excluding hydrogens is 234 g/mol. The third-order valence-electron chi connectivity index (χ3n) is 2.68. The Balaban J connectivity index is 2.16. The summed E-state index contributed by atoms with van der Waals surface area (Å²) in [4.78, 5) is 15.2. The highest BCUT2D eigenvalue weighted by Gasteiger charge is 2.38. The van der Waals surface area contributed by atoms with Crippen LogP contribution in [0.4, 0.5) is 0 Å². The molecule has 0 spiro atoms. The molecule has 0 aromatic heterocycles. The molecule has 0 unspecified atom stereocenters. The fraction of sp³-hybridized carbons (Fsp3) is 0.385. The van der Waals surface area contributed by atoms with Gasteiger partial charge in [0.15, 0.2) is 5.54 Å². The summed E-state index contributed by atoms with van der Waals surface area (Å²) in [7, 11) is 0. The lowest BCUT2D eigenvalue weighted by atomic mass is 10.1. The number of carbonyl (C=O) groups excluding carboxylic acids is 1. The average Bonchev–Trinajstić information content (AvgIpc) is 2.83.